The maximum atomic E-state index is 12.0. The summed E-state index contributed by atoms with van der Waals surface area (Å²) in [6.07, 6.45) is 6.84. The summed E-state index contributed by atoms with van der Waals surface area (Å²) in [5.41, 5.74) is 0.843. The molecule has 0 radical (unpaired) electrons. The van der Waals surface area contributed by atoms with Crippen LogP contribution in [-0.4, -0.2) is 17.6 Å². The molecule has 1 aromatic rings. The number of esters is 1. The van der Waals surface area contributed by atoms with Crippen molar-refractivity contribution < 1.29 is 13.9 Å². The van der Waals surface area contributed by atoms with E-state index in [1.165, 1.54) is 12.8 Å². The molecule has 0 saturated heterocycles. The van der Waals surface area contributed by atoms with Gasteiger partial charge in [-0.2, -0.15) is 0 Å². The van der Waals surface area contributed by atoms with E-state index in [4.69, 9.17) is 9.15 Å². The first-order chi connectivity index (χ1) is 9.14. The van der Waals surface area contributed by atoms with Crippen molar-refractivity contribution in [2.24, 2.45) is 0 Å². The first-order valence-corrected chi connectivity index (χ1v) is 7.32. The summed E-state index contributed by atoms with van der Waals surface area (Å²) < 4.78 is 10.9. The fourth-order valence-corrected chi connectivity index (χ4v) is 2.94. The lowest BCUT2D eigenvalue weighted by molar-refractivity contribution is 0.0484. The summed E-state index contributed by atoms with van der Waals surface area (Å²) in [6.45, 7) is 4.37. The molecule has 104 valence electrons. The van der Waals surface area contributed by atoms with Gasteiger partial charge >= 0.3 is 5.97 Å². The molecule has 1 aromatic heterocycles. The Labute approximate surface area is 113 Å². The number of nitrogens with zero attached hydrogens (tertiary/aromatic N) is 1. The third kappa shape index (κ3) is 2.28. The second kappa shape index (κ2) is 4.66. The number of oxazole rings is 1. The average molecular weight is 263 g/mol. The van der Waals surface area contributed by atoms with Crippen LogP contribution in [0.5, 0.6) is 0 Å². The smallest absolute Gasteiger partial charge is 0.376 e. The van der Waals surface area contributed by atoms with Gasteiger partial charge in [-0.1, -0.05) is 19.8 Å². The number of hydrogen-bond acceptors (Lipinski definition) is 4. The summed E-state index contributed by atoms with van der Waals surface area (Å²) in [5, 5.41) is 0. The van der Waals surface area contributed by atoms with Crippen LogP contribution >= 0.6 is 0 Å². The van der Waals surface area contributed by atoms with Crippen LogP contribution in [-0.2, 0) is 10.2 Å². The largest absolute Gasteiger partial charge is 0.460 e. The molecule has 2 saturated carbocycles. The van der Waals surface area contributed by atoms with Crippen LogP contribution in [0.25, 0.3) is 0 Å². The zero-order chi connectivity index (χ0) is 13.5. The third-order valence-electron chi connectivity index (χ3n) is 4.30. The second-order valence-electron chi connectivity index (χ2n) is 6.00. The van der Waals surface area contributed by atoms with Gasteiger partial charge in [-0.05, 0) is 32.6 Å². The Kier molecular flexibility index (Phi) is 3.11. The molecule has 3 rings (SSSR count). The van der Waals surface area contributed by atoms with Crippen LogP contribution in [0, 0.1) is 0 Å². The maximum Gasteiger partial charge on any atom is 0.376 e. The van der Waals surface area contributed by atoms with E-state index in [2.05, 4.69) is 11.9 Å². The number of ether oxygens (including phenoxy) is 1. The van der Waals surface area contributed by atoms with E-state index in [-0.39, 0.29) is 11.4 Å². The molecule has 2 fully saturated rings. The standard InChI is InChI=1S/C15H21NO3/c1-3-18-13(17)12-11(10-6-7-10)16-14(19-12)15(2)8-4-5-9-15/h10H,3-9H2,1-2H3. The van der Waals surface area contributed by atoms with Crippen molar-refractivity contribution in [1.29, 1.82) is 0 Å². The Morgan fingerprint density at radius 2 is 2.11 bits per heavy atom. The van der Waals surface area contributed by atoms with Crippen LogP contribution in [0.15, 0.2) is 4.42 Å². The zero-order valence-corrected chi connectivity index (χ0v) is 11.7. The highest BCUT2D eigenvalue weighted by Crippen LogP contribution is 2.45. The van der Waals surface area contributed by atoms with Gasteiger partial charge in [0, 0.05) is 11.3 Å². The third-order valence-corrected chi connectivity index (χ3v) is 4.30. The molecule has 0 spiro atoms. The molecule has 0 atom stereocenters. The van der Waals surface area contributed by atoms with Crippen LogP contribution in [0.3, 0.4) is 0 Å². The van der Waals surface area contributed by atoms with E-state index in [1.807, 2.05) is 6.92 Å². The predicted octanol–water partition coefficient (Wildman–Crippen LogP) is 3.56. The highest BCUT2D eigenvalue weighted by atomic mass is 16.5. The molecule has 2 aliphatic carbocycles. The number of aromatic nitrogens is 1. The molecule has 19 heavy (non-hydrogen) atoms. The Balaban J connectivity index is 1.94. The first kappa shape index (κ1) is 12.7. The Hall–Kier alpha value is -1.32. The highest BCUT2D eigenvalue weighted by Gasteiger charge is 2.40. The van der Waals surface area contributed by atoms with Crippen molar-refractivity contribution in [3.05, 3.63) is 17.3 Å². The maximum absolute atomic E-state index is 12.0. The van der Waals surface area contributed by atoms with Crippen molar-refractivity contribution in [3.8, 4) is 0 Å². The quantitative estimate of drug-likeness (QED) is 0.779. The molecule has 2 aliphatic rings. The number of carbonyl (C=O) groups is 1. The van der Waals surface area contributed by atoms with Gasteiger partial charge in [0.2, 0.25) is 11.7 Å². The number of hydrogen-bond donors (Lipinski definition) is 0. The molecular weight excluding hydrogens is 242 g/mol. The normalized spacial score (nSPS) is 21.6. The van der Waals surface area contributed by atoms with Crippen molar-refractivity contribution in [2.75, 3.05) is 6.61 Å². The molecule has 0 amide bonds. The van der Waals surface area contributed by atoms with Gasteiger partial charge in [0.25, 0.3) is 0 Å². The zero-order valence-electron chi connectivity index (χ0n) is 11.7. The summed E-state index contributed by atoms with van der Waals surface area (Å²) in [7, 11) is 0. The minimum Gasteiger partial charge on any atom is -0.460 e. The fraction of sp³-hybridized carbons (Fsp3) is 0.733. The Morgan fingerprint density at radius 3 is 2.68 bits per heavy atom. The van der Waals surface area contributed by atoms with E-state index in [9.17, 15) is 4.79 Å². The van der Waals surface area contributed by atoms with Gasteiger partial charge in [0.05, 0.1) is 12.3 Å². The minimum absolute atomic E-state index is 0.00832. The SMILES string of the molecule is CCOC(=O)c1oc(C2(C)CCCC2)nc1C1CC1. The van der Waals surface area contributed by atoms with Gasteiger partial charge in [0.15, 0.2) is 0 Å². The fourth-order valence-electron chi connectivity index (χ4n) is 2.94. The molecule has 4 heteroatoms. The van der Waals surface area contributed by atoms with Crippen molar-refractivity contribution in [3.63, 3.8) is 0 Å². The monoisotopic (exact) mass is 263 g/mol. The van der Waals surface area contributed by atoms with Gasteiger partial charge in [0.1, 0.15) is 0 Å². The van der Waals surface area contributed by atoms with E-state index in [1.54, 1.807) is 0 Å². The van der Waals surface area contributed by atoms with Crippen LogP contribution in [0.4, 0.5) is 0 Å². The molecular formula is C15H21NO3. The lowest BCUT2D eigenvalue weighted by atomic mass is 9.89. The second-order valence-corrected chi connectivity index (χ2v) is 6.00. The van der Waals surface area contributed by atoms with E-state index in [0.717, 1.165) is 37.3 Å². The molecule has 0 N–H and O–H groups in total. The average Bonchev–Trinajstić information content (AvgIpc) is 2.97. The lowest BCUT2D eigenvalue weighted by Gasteiger charge is -2.18. The van der Waals surface area contributed by atoms with Crippen molar-refractivity contribution in [1.82, 2.24) is 4.98 Å². The van der Waals surface area contributed by atoms with Gasteiger partial charge in [-0.15, -0.1) is 0 Å². The summed E-state index contributed by atoms with van der Waals surface area (Å²) >= 11 is 0. The van der Waals surface area contributed by atoms with Crippen molar-refractivity contribution in [2.45, 2.75) is 63.7 Å². The van der Waals surface area contributed by atoms with Gasteiger partial charge in [-0.3, -0.25) is 0 Å². The van der Waals surface area contributed by atoms with Crippen LogP contribution < -0.4 is 0 Å². The molecule has 0 aromatic carbocycles. The van der Waals surface area contributed by atoms with E-state index >= 15 is 0 Å². The van der Waals surface area contributed by atoms with Gasteiger partial charge < -0.3 is 9.15 Å². The van der Waals surface area contributed by atoms with E-state index < -0.39 is 0 Å². The molecule has 4 nitrogen and oxygen atoms in total. The predicted molar refractivity (Wildman–Crippen MR) is 70.3 cm³/mol. The first-order valence-electron chi connectivity index (χ1n) is 7.32. The summed E-state index contributed by atoms with van der Waals surface area (Å²) in [5.74, 6) is 1.15. The number of rotatable bonds is 4. The van der Waals surface area contributed by atoms with E-state index in [0.29, 0.717) is 18.3 Å². The topological polar surface area (TPSA) is 52.3 Å². The molecule has 0 bridgehead atoms. The lowest BCUT2D eigenvalue weighted by Crippen LogP contribution is -2.17. The van der Waals surface area contributed by atoms with Crippen LogP contribution in [0.2, 0.25) is 0 Å². The molecule has 0 unspecified atom stereocenters. The molecule has 0 aliphatic heterocycles. The highest BCUT2D eigenvalue weighted by molar-refractivity contribution is 5.87. The minimum atomic E-state index is -0.357. The van der Waals surface area contributed by atoms with Gasteiger partial charge in [-0.25, -0.2) is 9.78 Å². The number of carbonyl (C=O) groups excluding carboxylic acids is 1. The summed E-state index contributed by atoms with van der Waals surface area (Å²) in [4.78, 5) is 16.6. The van der Waals surface area contributed by atoms with Crippen LogP contribution in [0.1, 0.15) is 80.4 Å². The summed E-state index contributed by atoms with van der Waals surface area (Å²) in [6, 6.07) is 0. The Bertz CT molecular complexity index is 482. The van der Waals surface area contributed by atoms with Crippen molar-refractivity contribution >= 4 is 5.97 Å². The molecule has 1 heterocycles. The Morgan fingerprint density at radius 1 is 1.42 bits per heavy atom.